The van der Waals surface area contributed by atoms with Gasteiger partial charge in [-0.1, -0.05) is 36.4 Å². The second kappa shape index (κ2) is 8.06. The molecule has 0 radical (unpaired) electrons. The van der Waals surface area contributed by atoms with Gasteiger partial charge < -0.3 is 16.4 Å². The number of rotatable bonds is 5. The minimum absolute atomic E-state index is 0.430. The monoisotopic (exact) mass is 413 g/mol. The summed E-state index contributed by atoms with van der Waals surface area (Å²) in [6.45, 7) is 1.53. The van der Waals surface area contributed by atoms with E-state index in [2.05, 4.69) is 27.9 Å². The number of anilines is 2. The first-order valence-electron chi connectivity index (χ1n) is 10.4. The van der Waals surface area contributed by atoms with Crippen molar-refractivity contribution in [3.63, 3.8) is 0 Å². The molecule has 1 amide bonds. The zero-order chi connectivity index (χ0) is 21.2. The van der Waals surface area contributed by atoms with Gasteiger partial charge in [-0.2, -0.15) is 19.7 Å². The van der Waals surface area contributed by atoms with E-state index < -0.39 is 5.91 Å². The van der Waals surface area contributed by atoms with Crippen molar-refractivity contribution in [2.75, 3.05) is 17.2 Å². The molecule has 1 aliphatic rings. The number of nitrogens with two attached hydrogens (primary N) is 1. The van der Waals surface area contributed by atoms with Gasteiger partial charge >= 0.3 is 0 Å². The Morgan fingerprint density at radius 1 is 1.10 bits per heavy atom. The van der Waals surface area contributed by atoms with Crippen LogP contribution in [0.1, 0.15) is 34.3 Å². The number of aromatic nitrogens is 4. The van der Waals surface area contributed by atoms with Crippen molar-refractivity contribution in [3.8, 4) is 5.95 Å². The highest BCUT2D eigenvalue weighted by Gasteiger charge is 2.19. The van der Waals surface area contributed by atoms with E-state index in [4.69, 9.17) is 15.7 Å². The number of carbonyl (C=O) groups is 1. The quantitative estimate of drug-likeness (QED) is 0.463. The third-order valence-corrected chi connectivity index (χ3v) is 5.51. The van der Waals surface area contributed by atoms with Gasteiger partial charge in [0.1, 0.15) is 11.6 Å². The lowest BCUT2D eigenvalue weighted by atomic mass is 10.1. The molecule has 0 unspecified atom stereocenters. The fourth-order valence-corrected chi connectivity index (χ4v) is 3.94. The minimum atomic E-state index is -0.486. The molecule has 2 aromatic heterocycles. The number of nitrogens with one attached hydrogen (secondary N) is 2. The van der Waals surface area contributed by atoms with Crippen molar-refractivity contribution in [1.29, 1.82) is 0 Å². The van der Waals surface area contributed by atoms with Crippen LogP contribution in [0.5, 0.6) is 0 Å². The zero-order valence-electron chi connectivity index (χ0n) is 17.0. The van der Waals surface area contributed by atoms with E-state index in [1.807, 2.05) is 24.3 Å². The first kappa shape index (κ1) is 19.0. The summed E-state index contributed by atoms with van der Waals surface area (Å²) in [7, 11) is 0. The van der Waals surface area contributed by atoms with Crippen LogP contribution in [0.3, 0.4) is 0 Å². The fraction of sp³-hybridized carbons (Fsp3) is 0.217. The molecule has 8 heteroatoms. The Morgan fingerprint density at radius 2 is 1.97 bits per heavy atom. The van der Waals surface area contributed by atoms with Crippen LogP contribution >= 0.6 is 0 Å². The van der Waals surface area contributed by atoms with E-state index in [9.17, 15) is 4.79 Å². The second-order valence-electron chi connectivity index (χ2n) is 7.58. The molecule has 4 N–H and O–H groups in total. The summed E-state index contributed by atoms with van der Waals surface area (Å²) >= 11 is 0. The Balaban J connectivity index is 1.59. The Labute approximate surface area is 179 Å². The van der Waals surface area contributed by atoms with Crippen LogP contribution in [0, 0.1) is 0 Å². The summed E-state index contributed by atoms with van der Waals surface area (Å²) in [6, 6.07) is 15.6. The molecule has 3 heterocycles. The first-order chi connectivity index (χ1) is 15.2. The van der Waals surface area contributed by atoms with E-state index in [0.29, 0.717) is 23.4 Å². The molecule has 5 rings (SSSR count). The highest BCUT2D eigenvalue weighted by Crippen LogP contribution is 2.28. The largest absolute Gasteiger partial charge is 0.370 e. The van der Waals surface area contributed by atoms with Crippen LogP contribution < -0.4 is 16.4 Å². The third kappa shape index (κ3) is 3.68. The standard InChI is InChI=1S/C23H23N7O/c24-20(31)16-10-6-11-19-18(16)14-27-30(19)23-28-21-17(9-4-5-12-25-21)22(29-23)26-13-15-7-2-1-3-8-15/h1-3,6-8,10-11,14H,4-5,9,12-13H2,(H2,24,31)(H2,25,26,28,29). The Hall–Kier alpha value is -3.94. The van der Waals surface area contributed by atoms with Crippen LogP contribution in [0.4, 0.5) is 11.6 Å². The molecule has 1 aliphatic heterocycles. The molecule has 156 valence electrons. The minimum Gasteiger partial charge on any atom is -0.370 e. The smallest absolute Gasteiger partial charge is 0.255 e. The van der Waals surface area contributed by atoms with Gasteiger partial charge in [0.15, 0.2) is 0 Å². The number of hydrogen-bond donors (Lipinski definition) is 3. The predicted molar refractivity (Wildman–Crippen MR) is 120 cm³/mol. The molecule has 0 atom stereocenters. The molecular formula is C23H23N7O. The summed E-state index contributed by atoms with van der Waals surface area (Å²) in [5, 5.41) is 12.1. The number of carbonyl (C=O) groups excluding carboxylic acids is 1. The van der Waals surface area contributed by atoms with Crippen LogP contribution in [0.15, 0.2) is 54.7 Å². The summed E-state index contributed by atoms with van der Waals surface area (Å²) in [5.74, 6) is 1.58. The van der Waals surface area contributed by atoms with Gasteiger partial charge in [0.2, 0.25) is 5.91 Å². The highest BCUT2D eigenvalue weighted by molar-refractivity contribution is 6.05. The van der Waals surface area contributed by atoms with Crippen molar-refractivity contribution in [2.45, 2.75) is 25.8 Å². The molecule has 0 fully saturated rings. The number of hydrogen-bond acceptors (Lipinski definition) is 6. The maximum atomic E-state index is 11.8. The Kier molecular flexibility index (Phi) is 4.95. The summed E-state index contributed by atoms with van der Waals surface area (Å²) in [4.78, 5) is 21.4. The topological polar surface area (TPSA) is 111 Å². The van der Waals surface area contributed by atoms with Gasteiger partial charge in [0, 0.05) is 24.0 Å². The highest BCUT2D eigenvalue weighted by atomic mass is 16.1. The predicted octanol–water partition coefficient (Wildman–Crippen LogP) is 3.27. The van der Waals surface area contributed by atoms with Crippen LogP contribution in [-0.4, -0.2) is 32.2 Å². The van der Waals surface area contributed by atoms with Crippen molar-refractivity contribution < 1.29 is 4.79 Å². The molecule has 0 spiro atoms. The molecular weight excluding hydrogens is 390 g/mol. The number of benzene rings is 2. The molecule has 8 nitrogen and oxygen atoms in total. The second-order valence-corrected chi connectivity index (χ2v) is 7.58. The van der Waals surface area contributed by atoms with E-state index in [-0.39, 0.29) is 0 Å². The van der Waals surface area contributed by atoms with Crippen LogP contribution in [0.2, 0.25) is 0 Å². The lowest BCUT2D eigenvalue weighted by molar-refractivity contribution is 0.100. The SMILES string of the molecule is NC(=O)c1cccc2c1cnn2-c1nc2c(c(NCc3ccccc3)n1)CCCCN2. The van der Waals surface area contributed by atoms with Crippen molar-refractivity contribution in [3.05, 3.63) is 71.4 Å². The fourth-order valence-electron chi connectivity index (χ4n) is 3.94. The van der Waals surface area contributed by atoms with Gasteiger partial charge in [-0.05, 0) is 37.0 Å². The van der Waals surface area contributed by atoms with Crippen molar-refractivity contribution >= 4 is 28.4 Å². The van der Waals surface area contributed by atoms with Crippen molar-refractivity contribution in [2.24, 2.45) is 5.73 Å². The van der Waals surface area contributed by atoms with E-state index in [1.165, 1.54) is 5.56 Å². The molecule has 0 saturated heterocycles. The molecule has 31 heavy (non-hydrogen) atoms. The van der Waals surface area contributed by atoms with Gasteiger partial charge in [-0.25, -0.2) is 0 Å². The molecule has 2 aromatic carbocycles. The number of amides is 1. The maximum Gasteiger partial charge on any atom is 0.255 e. The van der Waals surface area contributed by atoms with Crippen molar-refractivity contribution in [1.82, 2.24) is 19.7 Å². The summed E-state index contributed by atoms with van der Waals surface area (Å²) < 4.78 is 1.66. The summed E-state index contributed by atoms with van der Waals surface area (Å²) in [6.07, 6.45) is 4.70. The number of nitrogens with zero attached hydrogens (tertiary/aromatic N) is 4. The zero-order valence-corrected chi connectivity index (χ0v) is 17.0. The molecule has 4 aromatic rings. The molecule has 0 bridgehead atoms. The lowest BCUT2D eigenvalue weighted by Crippen LogP contribution is -2.13. The normalized spacial score (nSPS) is 13.3. The lowest BCUT2D eigenvalue weighted by Gasteiger charge is -2.15. The number of fused-ring (bicyclic) bond motifs is 2. The average molecular weight is 413 g/mol. The molecule has 0 aliphatic carbocycles. The third-order valence-electron chi connectivity index (χ3n) is 5.51. The van der Waals surface area contributed by atoms with Gasteiger partial charge in [-0.15, -0.1) is 0 Å². The van der Waals surface area contributed by atoms with E-state index in [0.717, 1.165) is 48.5 Å². The Morgan fingerprint density at radius 3 is 2.81 bits per heavy atom. The van der Waals surface area contributed by atoms with E-state index >= 15 is 0 Å². The van der Waals surface area contributed by atoms with Crippen LogP contribution in [0.25, 0.3) is 16.9 Å². The maximum absolute atomic E-state index is 11.8. The summed E-state index contributed by atoms with van der Waals surface area (Å²) in [5.41, 5.74) is 8.96. The first-order valence-corrected chi connectivity index (χ1v) is 10.4. The van der Waals surface area contributed by atoms with Gasteiger partial charge in [0.25, 0.3) is 5.95 Å². The Bertz CT molecular complexity index is 1250. The van der Waals surface area contributed by atoms with Gasteiger partial charge in [-0.3, -0.25) is 4.79 Å². The van der Waals surface area contributed by atoms with Gasteiger partial charge in [0.05, 0.1) is 17.3 Å². The molecule has 0 saturated carbocycles. The average Bonchev–Trinajstić information content (AvgIpc) is 3.08. The van der Waals surface area contributed by atoms with E-state index in [1.54, 1.807) is 23.0 Å². The number of primary amides is 1. The van der Waals surface area contributed by atoms with Crippen LogP contribution in [-0.2, 0) is 13.0 Å².